The van der Waals surface area contributed by atoms with Crippen LogP contribution in [0.3, 0.4) is 0 Å². The zero-order valence-electron chi connectivity index (χ0n) is 13.0. The summed E-state index contributed by atoms with van der Waals surface area (Å²) in [6.45, 7) is 1.49. The van der Waals surface area contributed by atoms with E-state index in [0.717, 1.165) is 12.0 Å². The van der Waals surface area contributed by atoms with Crippen LogP contribution in [0.1, 0.15) is 27.6 Å². The van der Waals surface area contributed by atoms with E-state index in [1.165, 1.54) is 6.92 Å². The SMILES string of the molecule is CNc1ccc(C(=O)Oc2ccc(C(C)=O)cc2)cc1.N=CN. The first-order valence-corrected chi connectivity index (χ1v) is 6.83. The molecule has 0 fully saturated rings. The van der Waals surface area contributed by atoms with E-state index >= 15 is 0 Å². The van der Waals surface area contributed by atoms with E-state index in [9.17, 15) is 9.59 Å². The van der Waals surface area contributed by atoms with Crippen LogP contribution >= 0.6 is 0 Å². The molecule has 6 nitrogen and oxygen atoms in total. The molecule has 2 aromatic carbocycles. The van der Waals surface area contributed by atoms with Crippen LogP contribution < -0.4 is 15.8 Å². The first-order valence-electron chi connectivity index (χ1n) is 6.83. The van der Waals surface area contributed by atoms with Crippen LogP contribution in [0.15, 0.2) is 48.5 Å². The lowest BCUT2D eigenvalue weighted by Crippen LogP contribution is -2.08. The van der Waals surface area contributed by atoms with E-state index < -0.39 is 5.97 Å². The number of Topliss-reactive ketones (excluding diaryl/α,β-unsaturated/α-hetero) is 1. The van der Waals surface area contributed by atoms with Gasteiger partial charge in [0.2, 0.25) is 0 Å². The number of carbonyl (C=O) groups excluding carboxylic acids is 2. The molecule has 120 valence electrons. The van der Waals surface area contributed by atoms with Crippen LogP contribution in [0.4, 0.5) is 5.69 Å². The monoisotopic (exact) mass is 313 g/mol. The van der Waals surface area contributed by atoms with Crippen LogP contribution in [-0.2, 0) is 0 Å². The Morgan fingerprint density at radius 2 is 1.52 bits per heavy atom. The number of hydrogen-bond acceptors (Lipinski definition) is 5. The number of nitrogens with two attached hydrogens (primary N) is 1. The standard InChI is InChI=1S/C16H15NO3.CH4N2/c1-11(18)12-5-9-15(10-6-12)20-16(19)13-3-7-14(17-2)8-4-13;2-1-3/h3-10,17H,1-2H3;1H,(H3,2,3). The number of hydrogen-bond donors (Lipinski definition) is 3. The van der Waals surface area contributed by atoms with Gasteiger partial charge in [0.25, 0.3) is 0 Å². The predicted molar refractivity (Wildman–Crippen MR) is 90.4 cm³/mol. The summed E-state index contributed by atoms with van der Waals surface area (Å²) in [5.74, 6) is -0.0357. The lowest BCUT2D eigenvalue weighted by molar-refractivity contribution is 0.0734. The summed E-state index contributed by atoms with van der Waals surface area (Å²) in [7, 11) is 1.81. The Morgan fingerprint density at radius 1 is 1.04 bits per heavy atom. The number of benzene rings is 2. The molecule has 0 aliphatic heterocycles. The Labute approximate surface area is 134 Å². The van der Waals surface area contributed by atoms with Gasteiger partial charge in [0.15, 0.2) is 5.78 Å². The van der Waals surface area contributed by atoms with Gasteiger partial charge in [-0.2, -0.15) is 0 Å². The highest BCUT2D eigenvalue weighted by atomic mass is 16.5. The maximum atomic E-state index is 11.9. The molecule has 0 bridgehead atoms. The summed E-state index contributed by atoms with van der Waals surface area (Å²) in [5, 5.41) is 8.84. The zero-order valence-corrected chi connectivity index (χ0v) is 13.0. The average Bonchev–Trinajstić information content (AvgIpc) is 2.56. The molecule has 0 radical (unpaired) electrons. The van der Waals surface area contributed by atoms with Crippen molar-refractivity contribution >= 4 is 23.8 Å². The third-order valence-electron chi connectivity index (χ3n) is 2.88. The number of ketones is 1. The number of anilines is 1. The van der Waals surface area contributed by atoms with Crippen molar-refractivity contribution in [3.63, 3.8) is 0 Å². The molecular formula is C17H19N3O3. The van der Waals surface area contributed by atoms with E-state index in [4.69, 9.17) is 10.1 Å². The minimum Gasteiger partial charge on any atom is -0.423 e. The van der Waals surface area contributed by atoms with Gasteiger partial charge in [0.1, 0.15) is 5.75 Å². The van der Waals surface area contributed by atoms with Gasteiger partial charge in [-0.25, -0.2) is 4.79 Å². The van der Waals surface area contributed by atoms with Gasteiger partial charge in [-0.1, -0.05) is 0 Å². The molecule has 0 aliphatic rings. The molecule has 4 N–H and O–H groups in total. The van der Waals surface area contributed by atoms with Crippen molar-refractivity contribution in [3.05, 3.63) is 59.7 Å². The summed E-state index contributed by atoms with van der Waals surface area (Å²) >= 11 is 0. The molecule has 0 aliphatic carbocycles. The van der Waals surface area contributed by atoms with Crippen molar-refractivity contribution in [2.75, 3.05) is 12.4 Å². The van der Waals surface area contributed by atoms with Gasteiger partial charge in [0.05, 0.1) is 11.9 Å². The van der Waals surface area contributed by atoms with Crippen molar-refractivity contribution in [1.82, 2.24) is 0 Å². The summed E-state index contributed by atoms with van der Waals surface area (Å²) in [6.07, 6.45) is 0.750. The van der Waals surface area contributed by atoms with Gasteiger partial charge in [0, 0.05) is 18.3 Å². The number of nitrogens with one attached hydrogen (secondary N) is 2. The Morgan fingerprint density at radius 3 is 1.96 bits per heavy atom. The number of rotatable bonds is 4. The van der Waals surface area contributed by atoms with Crippen molar-refractivity contribution in [2.24, 2.45) is 5.73 Å². The molecular weight excluding hydrogens is 294 g/mol. The van der Waals surface area contributed by atoms with Crippen LogP contribution in [0.5, 0.6) is 5.75 Å². The summed E-state index contributed by atoms with van der Waals surface area (Å²) in [5.41, 5.74) is 6.37. The molecule has 0 atom stereocenters. The second-order valence-corrected chi connectivity index (χ2v) is 4.46. The molecule has 2 aromatic rings. The molecule has 0 amide bonds. The molecule has 23 heavy (non-hydrogen) atoms. The van der Waals surface area contributed by atoms with Crippen molar-refractivity contribution < 1.29 is 14.3 Å². The van der Waals surface area contributed by atoms with E-state index in [0.29, 0.717) is 16.9 Å². The molecule has 0 saturated carbocycles. The molecule has 0 saturated heterocycles. The predicted octanol–water partition coefficient (Wildman–Crippen LogP) is 2.70. The highest BCUT2D eigenvalue weighted by Gasteiger charge is 2.08. The maximum absolute atomic E-state index is 11.9. The zero-order chi connectivity index (χ0) is 17.2. The topological polar surface area (TPSA) is 105 Å². The fraction of sp³-hybridized carbons (Fsp3) is 0.118. The highest BCUT2D eigenvalue weighted by Crippen LogP contribution is 2.15. The van der Waals surface area contributed by atoms with Gasteiger partial charge >= 0.3 is 5.97 Å². The van der Waals surface area contributed by atoms with Gasteiger partial charge < -0.3 is 15.8 Å². The normalized spacial score (nSPS) is 9.13. The number of ether oxygens (including phenoxy) is 1. The minimum atomic E-state index is -0.428. The Balaban J connectivity index is 0.000000816. The third-order valence-corrected chi connectivity index (χ3v) is 2.88. The van der Waals surface area contributed by atoms with Crippen LogP contribution in [-0.4, -0.2) is 25.1 Å². The van der Waals surface area contributed by atoms with Crippen LogP contribution in [0.2, 0.25) is 0 Å². The van der Waals surface area contributed by atoms with Crippen molar-refractivity contribution in [2.45, 2.75) is 6.92 Å². The smallest absolute Gasteiger partial charge is 0.343 e. The molecule has 0 unspecified atom stereocenters. The van der Waals surface area contributed by atoms with Crippen molar-refractivity contribution in [1.29, 1.82) is 5.41 Å². The minimum absolute atomic E-state index is 0.0227. The first kappa shape index (κ1) is 17.9. The number of esters is 1. The largest absolute Gasteiger partial charge is 0.423 e. The Hall–Kier alpha value is -3.15. The average molecular weight is 313 g/mol. The van der Waals surface area contributed by atoms with Gasteiger partial charge in [-0.15, -0.1) is 0 Å². The first-order chi connectivity index (χ1) is 11.0. The fourth-order valence-corrected chi connectivity index (χ4v) is 1.70. The lowest BCUT2D eigenvalue weighted by Gasteiger charge is -2.06. The molecule has 0 heterocycles. The highest BCUT2D eigenvalue weighted by molar-refractivity contribution is 5.94. The van der Waals surface area contributed by atoms with Crippen LogP contribution in [0, 0.1) is 5.41 Å². The summed E-state index contributed by atoms with van der Waals surface area (Å²) < 4.78 is 5.24. The molecule has 6 heteroatoms. The maximum Gasteiger partial charge on any atom is 0.343 e. The number of carbonyl (C=O) groups is 2. The molecule has 0 aromatic heterocycles. The summed E-state index contributed by atoms with van der Waals surface area (Å²) in [4.78, 5) is 23.1. The van der Waals surface area contributed by atoms with Crippen LogP contribution in [0.25, 0.3) is 0 Å². The second-order valence-electron chi connectivity index (χ2n) is 4.46. The van der Waals surface area contributed by atoms with E-state index in [-0.39, 0.29) is 5.78 Å². The quantitative estimate of drug-likeness (QED) is 0.264. The molecule has 0 spiro atoms. The van der Waals surface area contributed by atoms with Crippen molar-refractivity contribution in [3.8, 4) is 5.75 Å². The van der Waals surface area contributed by atoms with Gasteiger partial charge in [-0.3, -0.25) is 10.2 Å². The Kier molecular flexibility index (Phi) is 7.00. The Bertz CT molecular complexity index is 664. The van der Waals surface area contributed by atoms with E-state index in [2.05, 4.69) is 11.1 Å². The van der Waals surface area contributed by atoms with E-state index in [1.807, 2.05) is 7.05 Å². The second kappa shape index (κ2) is 8.99. The van der Waals surface area contributed by atoms with Gasteiger partial charge in [-0.05, 0) is 55.5 Å². The fourth-order valence-electron chi connectivity index (χ4n) is 1.70. The molecule has 2 rings (SSSR count). The van der Waals surface area contributed by atoms with E-state index in [1.54, 1.807) is 48.5 Å². The third kappa shape index (κ3) is 5.62. The summed E-state index contributed by atoms with van der Waals surface area (Å²) in [6, 6.07) is 13.5. The lowest BCUT2D eigenvalue weighted by atomic mass is 10.1.